The van der Waals surface area contributed by atoms with Crippen LogP contribution in [-0.2, 0) is 20.0 Å². The molecule has 21 heavy (non-hydrogen) atoms. The highest BCUT2D eigenvalue weighted by Gasteiger charge is 2.23. The highest BCUT2D eigenvalue weighted by molar-refractivity contribution is 7.90. The maximum atomic E-state index is 13.6. The SMILES string of the molecule is CCNS(=O)(=O)CCNS(=O)(=O)c1ccc(F)c(N)c1F. The number of nitrogens with one attached hydrogen (secondary N) is 2. The Bertz CT molecular complexity index is 720. The predicted octanol–water partition coefficient (Wildman–Crippen LogP) is -0.235. The predicted molar refractivity (Wildman–Crippen MR) is 73.4 cm³/mol. The molecule has 120 valence electrons. The molecule has 1 aromatic rings. The third-order valence-corrected chi connectivity index (χ3v) is 5.36. The van der Waals surface area contributed by atoms with Gasteiger partial charge in [-0.1, -0.05) is 6.92 Å². The van der Waals surface area contributed by atoms with Gasteiger partial charge in [0.1, 0.15) is 16.4 Å². The minimum absolute atomic E-state index is 0.165. The van der Waals surface area contributed by atoms with Crippen LogP contribution in [-0.4, -0.2) is 35.7 Å². The molecular formula is C10H15F2N3O4S2. The lowest BCUT2D eigenvalue weighted by Crippen LogP contribution is -2.34. The second-order valence-electron chi connectivity index (χ2n) is 3.99. The summed E-state index contributed by atoms with van der Waals surface area (Å²) in [4.78, 5) is -0.845. The van der Waals surface area contributed by atoms with Crippen LogP contribution in [0.5, 0.6) is 0 Å². The van der Waals surface area contributed by atoms with Gasteiger partial charge in [-0.05, 0) is 12.1 Å². The molecule has 0 aliphatic carbocycles. The molecule has 0 heterocycles. The summed E-state index contributed by atoms with van der Waals surface area (Å²) in [6.45, 7) is 1.27. The molecule has 0 spiro atoms. The summed E-state index contributed by atoms with van der Waals surface area (Å²) in [6.07, 6.45) is 0. The van der Waals surface area contributed by atoms with Crippen molar-refractivity contribution in [2.45, 2.75) is 11.8 Å². The van der Waals surface area contributed by atoms with E-state index in [0.717, 1.165) is 0 Å². The van der Waals surface area contributed by atoms with Crippen molar-refractivity contribution in [1.82, 2.24) is 9.44 Å². The van der Waals surface area contributed by atoms with Gasteiger partial charge in [0, 0.05) is 13.1 Å². The fourth-order valence-electron chi connectivity index (χ4n) is 1.44. The normalized spacial score (nSPS) is 12.5. The Morgan fingerprint density at radius 3 is 2.33 bits per heavy atom. The zero-order valence-corrected chi connectivity index (χ0v) is 12.7. The molecule has 0 bridgehead atoms. The smallest absolute Gasteiger partial charge is 0.243 e. The summed E-state index contributed by atoms with van der Waals surface area (Å²) in [6, 6.07) is 1.42. The van der Waals surface area contributed by atoms with Crippen LogP contribution in [0.4, 0.5) is 14.5 Å². The van der Waals surface area contributed by atoms with Gasteiger partial charge in [-0.2, -0.15) is 0 Å². The minimum atomic E-state index is -4.33. The van der Waals surface area contributed by atoms with Crippen molar-refractivity contribution in [3.05, 3.63) is 23.8 Å². The molecule has 0 fully saturated rings. The number of rotatable bonds is 7. The van der Waals surface area contributed by atoms with E-state index in [0.29, 0.717) is 12.1 Å². The third-order valence-electron chi connectivity index (χ3n) is 2.41. The second kappa shape index (κ2) is 6.64. The van der Waals surface area contributed by atoms with Crippen molar-refractivity contribution in [2.75, 3.05) is 24.6 Å². The third kappa shape index (κ3) is 4.59. The molecule has 0 saturated carbocycles. The van der Waals surface area contributed by atoms with Crippen LogP contribution in [0.2, 0.25) is 0 Å². The molecule has 0 aromatic heterocycles. The van der Waals surface area contributed by atoms with E-state index in [1.807, 2.05) is 4.72 Å². The first-order valence-corrected chi connectivity index (χ1v) is 8.94. The number of anilines is 1. The van der Waals surface area contributed by atoms with Crippen LogP contribution in [0, 0.1) is 11.6 Å². The molecule has 0 aliphatic heterocycles. The maximum Gasteiger partial charge on any atom is 0.243 e. The molecule has 0 radical (unpaired) electrons. The van der Waals surface area contributed by atoms with E-state index in [-0.39, 0.29) is 6.54 Å². The Kier molecular flexibility index (Phi) is 5.61. The lowest BCUT2D eigenvalue weighted by molar-refractivity contribution is 0.549. The fourth-order valence-corrected chi connectivity index (χ4v) is 3.64. The summed E-state index contributed by atoms with van der Waals surface area (Å²) >= 11 is 0. The Balaban J connectivity index is 2.87. The van der Waals surface area contributed by atoms with Gasteiger partial charge in [0.15, 0.2) is 5.82 Å². The Labute approximate surface area is 121 Å². The molecule has 0 aliphatic rings. The summed E-state index contributed by atoms with van der Waals surface area (Å²) in [5.74, 6) is -3.02. The van der Waals surface area contributed by atoms with Crippen molar-refractivity contribution < 1.29 is 25.6 Å². The summed E-state index contributed by atoms with van der Waals surface area (Å²) in [7, 11) is -7.95. The van der Waals surface area contributed by atoms with Gasteiger partial charge in [-0.15, -0.1) is 0 Å². The first-order chi connectivity index (χ1) is 9.60. The standard InChI is InChI=1S/C10H15F2N3O4S2/c1-2-14-20(16,17)6-5-15-21(18,19)8-4-3-7(11)10(13)9(8)12/h3-4,14-15H,2,5-6,13H2,1H3. The lowest BCUT2D eigenvalue weighted by atomic mass is 10.3. The van der Waals surface area contributed by atoms with Crippen molar-refractivity contribution in [1.29, 1.82) is 0 Å². The van der Waals surface area contributed by atoms with Gasteiger partial charge in [-0.25, -0.2) is 35.1 Å². The van der Waals surface area contributed by atoms with Crippen molar-refractivity contribution in [3.8, 4) is 0 Å². The fraction of sp³-hybridized carbons (Fsp3) is 0.400. The second-order valence-corrected chi connectivity index (χ2v) is 7.65. The van der Waals surface area contributed by atoms with Gasteiger partial charge < -0.3 is 5.73 Å². The zero-order chi connectivity index (χ0) is 16.3. The number of benzene rings is 1. The number of nitrogen functional groups attached to an aromatic ring is 1. The van der Waals surface area contributed by atoms with Crippen molar-refractivity contribution in [2.24, 2.45) is 0 Å². The van der Waals surface area contributed by atoms with E-state index in [4.69, 9.17) is 5.73 Å². The minimum Gasteiger partial charge on any atom is -0.394 e. The molecular weight excluding hydrogens is 328 g/mol. The molecule has 1 rings (SSSR count). The van der Waals surface area contributed by atoms with Gasteiger partial charge in [0.05, 0.1) is 5.75 Å². The molecule has 4 N–H and O–H groups in total. The van der Waals surface area contributed by atoms with Crippen molar-refractivity contribution >= 4 is 25.7 Å². The Morgan fingerprint density at radius 2 is 1.76 bits per heavy atom. The van der Waals surface area contributed by atoms with Crippen LogP contribution in [0.1, 0.15) is 6.92 Å². The van der Waals surface area contributed by atoms with Crippen LogP contribution < -0.4 is 15.2 Å². The summed E-state index contributed by atoms with van der Waals surface area (Å²) in [5, 5.41) is 0. The molecule has 0 saturated heterocycles. The number of halogens is 2. The number of sulfonamides is 2. The Morgan fingerprint density at radius 1 is 1.14 bits per heavy atom. The number of hydrogen-bond acceptors (Lipinski definition) is 5. The summed E-state index contributed by atoms with van der Waals surface area (Å²) in [5.41, 5.74) is 4.15. The number of nitrogens with two attached hydrogens (primary N) is 1. The average molecular weight is 343 g/mol. The highest BCUT2D eigenvalue weighted by atomic mass is 32.2. The monoisotopic (exact) mass is 343 g/mol. The van der Waals surface area contributed by atoms with Gasteiger partial charge in [0.2, 0.25) is 20.0 Å². The van der Waals surface area contributed by atoms with E-state index in [2.05, 4.69) is 4.72 Å². The topological polar surface area (TPSA) is 118 Å². The lowest BCUT2D eigenvalue weighted by Gasteiger charge is -2.09. The van der Waals surface area contributed by atoms with E-state index >= 15 is 0 Å². The van der Waals surface area contributed by atoms with Crippen LogP contribution >= 0.6 is 0 Å². The quantitative estimate of drug-likeness (QED) is 0.591. The van der Waals surface area contributed by atoms with Gasteiger partial charge >= 0.3 is 0 Å². The molecule has 1 aromatic carbocycles. The van der Waals surface area contributed by atoms with Crippen LogP contribution in [0.25, 0.3) is 0 Å². The van der Waals surface area contributed by atoms with E-state index in [1.165, 1.54) is 0 Å². The zero-order valence-electron chi connectivity index (χ0n) is 11.1. The molecule has 0 atom stereocenters. The van der Waals surface area contributed by atoms with Crippen LogP contribution in [0.3, 0.4) is 0 Å². The summed E-state index contributed by atoms with van der Waals surface area (Å²) < 4.78 is 77.0. The van der Waals surface area contributed by atoms with E-state index in [9.17, 15) is 25.6 Å². The molecule has 7 nitrogen and oxygen atoms in total. The molecule has 0 amide bonds. The average Bonchev–Trinajstić information content (AvgIpc) is 2.35. The largest absolute Gasteiger partial charge is 0.394 e. The highest BCUT2D eigenvalue weighted by Crippen LogP contribution is 2.22. The van der Waals surface area contributed by atoms with Gasteiger partial charge in [0.25, 0.3) is 0 Å². The first kappa shape index (κ1) is 17.8. The number of hydrogen-bond donors (Lipinski definition) is 3. The molecule has 11 heteroatoms. The Hall–Kier alpha value is -1.30. The van der Waals surface area contributed by atoms with Gasteiger partial charge in [-0.3, -0.25) is 0 Å². The van der Waals surface area contributed by atoms with Crippen LogP contribution in [0.15, 0.2) is 17.0 Å². The molecule has 0 unspecified atom stereocenters. The first-order valence-electron chi connectivity index (χ1n) is 5.81. The van der Waals surface area contributed by atoms with E-state index < -0.39 is 54.6 Å². The van der Waals surface area contributed by atoms with Crippen molar-refractivity contribution in [3.63, 3.8) is 0 Å². The van der Waals surface area contributed by atoms with E-state index in [1.54, 1.807) is 6.92 Å². The maximum absolute atomic E-state index is 13.6.